The van der Waals surface area contributed by atoms with E-state index < -0.39 is 37.3 Å². The van der Waals surface area contributed by atoms with E-state index in [4.69, 9.17) is 23.7 Å². The Hall–Kier alpha value is -2.74. The van der Waals surface area contributed by atoms with Crippen LogP contribution in [0.1, 0.15) is 11.1 Å². The second kappa shape index (κ2) is 14.0. The number of aryl methyl sites for hydroxylation is 2. The van der Waals surface area contributed by atoms with Gasteiger partial charge in [0.25, 0.3) is 0 Å². The number of ether oxygens (including phenoxy) is 3. The lowest BCUT2D eigenvalue weighted by atomic mass is 9.99. The molecule has 0 radical (unpaired) electrons. The third-order valence-electron chi connectivity index (χ3n) is 7.89. The highest BCUT2D eigenvalue weighted by Crippen LogP contribution is 2.34. The molecule has 0 spiro atoms. The molecule has 224 valence electrons. The van der Waals surface area contributed by atoms with Crippen molar-refractivity contribution >= 4 is 11.0 Å². The number of β-amino-alcohol motifs (C(OH)–C–C–N with tert-alkyl or cyclic N) is 1. The predicted molar refractivity (Wildman–Crippen MR) is 150 cm³/mol. The molecule has 2 fully saturated rings. The van der Waals surface area contributed by atoms with E-state index >= 15 is 0 Å². The van der Waals surface area contributed by atoms with E-state index in [1.807, 2.05) is 18.2 Å². The number of fused-ring (bicyclic) bond motifs is 1. The van der Waals surface area contributed by atoms with Gasteiger partial charge in [-0.2, -0.15) is 0 Å². The molecule has 3 heterocycles. The zero-order valence-corrected chi connectivity index (χ0v) is 23.0. The molecule has 11 heteroatoms. The summed E-state index contributed by atoms with van der Waals surface area (Å²) < 4.78 is 23.2. The molecular weight excluding hydrogens is 532 g/mol. The van der Waals surface area contributed by atoms with Crippen molar-refractivity contribution in [2.24, 2.45) is 0 Å². The van der Waals surface area contributed by atoms with Crippen LogP contribution in [0.4, 0.5) is 0 Å². The van der Waals surface area contributed by atoms with Crippen LogP contribution in [0.15, 0.2) is 53.1 Å². The molecular formula is C30H40N2O9. The number of benzene rings is 2. The summed E-state index contributed by atoms with van der Waals surface area (Å²) in [5.41, 5.74) is 2.67. The Bertz CT molecular complexity index is 1230. The minimum Gasteiger partial charge on any atom is -0.492 e. The fourth-order valence-corrected chi connectivity index (χ4v) is 5.39. The molecule has 0 bridgehead atoms. The van der Waals surface area contributed by atoms with Crippen molar-refractivity contribution in [3.05, 3.63) is 59.9 Å². The summed E-state index contributed by atoms with van der Waals surface area (Å²) in [6.45, 7) is 5.83. The van der Waals surface area contributed by atoms with E-state index in [2.05, 4.69) is 21.9 Å². The monoisotopic (exact) mass is 572 g/mol. The van der Waals surface area contributed by atoms with Crippen molar-refractivity contribution in [2.45, 2.75) is 43.5 Å². The molecule has 0 amide bonds. The predicted octanol–water partition coefficient (Wildman–Crippen LogP) is 0.385. The highest BCUT2D eigenvalue weighted by Gasteiger charge is 2.44. The summed E-state index contributed by atoms with van der Waals surface area (Å²) in [4.78, 5) is 4.66. The van der Waals surface area contributed by atoms with Crippen molar-refractivity contribution in [2.75, 3.05) is 59.1 Å². The molecule has 5 N–H and O–H groups in total. The molecule has 5 atom stereocenters. The highest BCUT2D eigenvalue weighted by atomic mass is 16.7. The summed E-state index contributed by atoms with van der Waals surface area (Å²) in [6, 6.07) is 13.4. The maximum atomic E-state index is 10.4. The Balaban J connectivity index is 1.15. The third-order valence-corrected chi connectivity index (χ3v) is 7.89. The number of nitrogens with zero attached hydrogens (tertiary/aromatic N) is 2. The lowest BCUT2D eigenvalue weighted by Gasteiger charge is -2.39. The maximum Gasteiger partial charge on any atom is 0.229 e. The lowest BCUT2D eigenvalue weighted by molar-refractivity contribution is -0.277. The van der Waals surface area contributed by atoms with Gasteiger partial charge in [0.05, 0.1) is 24.9 Å². The maximum absolute atomic E-state index is 10.4. The second-order valence-corrected chi connectivity index (χ2v) is 10.6. The number of hydrogen-bond acceptors (Lipinski definition) is 11. The number of piperazine rings is 1. The van der Waals surface area contributed by atoms with Gasteiger partial charge in [0.1, 0.15) is 48.1 Å². The average Bonchev–Trinajstić information content (AvgIpc) is 3.42. The molecule has 5 rings (SSSR count). The highest BCUT2D eigenvalue weighted by molar-refractivity contribution is 5.87. The van der Waals surface area contributed by atoms with Crippen LogP contribution in [0.2, 0.25) is 0 Å². The van der Waals surface area contributed by atoms with Crippen molar-refractivity contribution in [3.8, 4) is 11.5 Å². The minimum atomic E-state index is -1.52. The second-order valence-electron chi connectivity index (χ2n) is 10.6. The molecule has 11 nitrogen and oxygen atoms in total. The minimum absolute atomic E-state index is 0.207. The first-order chi connectivity index (χ1) is 20.0. The number of furan rings is 1. The van der Waals surface area contributed by atoms with Gasteiger partial charge in [-0.25, -0.2) is 0 Å². The van der Waals surface area contributed by atoms with Gasteiger partial charge in [-0.1, -0.05) is 18.2 Å². The van der Waals surface area contributed by atoms with Crippen LogP contribution >= 0.6 is 0 Å². The van der Waals surface area contributed by atoms with Gasteiger partial charge in [0.15, 0.2) is 0 Å². The zero-order chi connectivity index (χ0) is 28.8. The number of aliphatic hydroxyl groups excluding tert-OH is 5. The summed E-state index contributed by atoms with van der Waals surface area (Å²) in [7, 11) is 0. The van der Waals surface area contributed by atoms with Crippen LogP contribution in [0, 0.1) is 0 Å². The Morgan fingerprint density at radius 3 is 2.27 bits per heavy atom. The van der Waals surface area contributed by atoms with E-state index in [-0.39, 0.29) is 6.61 Å². The molecule has 2 saturated heterocycles. The van der Waals surface area contributed by atoms with Gasteiger partial charge in [-0.15, -0.1) is 0 Å². The van der Waals surface area contributed by atoms with Crippen LogP contribution in [-0.4, -0.2) is 125 Å². The van der Waals surface area contributed by atoms with Crippen LogP contribution in [0.5, 0.6) is 11.5 Å². The molecule has 1 aromatic heterocycles. The molecule has 0 aliphatic carbocycles. The Morgan fingerprint density at radius 2 is 1.56 bits per heavy atom. The van der Waals surface area contributed by atoms with Crippen molar-refractivity contribution < 1.29 is 44.2 Å². The first kappa shape index (κ1) is 29.7. The normalized spacial score (nSPS) is 25.9. The van der Waals surface area contributed by atoms with Crippen LogP contribution < -0.4 is 9.47 Å². The van der Waals surface area contributed by atoms with E-state index in [9.17, 15) is 20.4 Å². The smallest absolute Gasteiger partial charge is 0.229 e. The standard InChI is InChI=1S/C30H40N2O9/c33-16-14-31-10-12-32(13-11-31)15-17-38-22-8-5-20(6-9-22)4-7-21-19-39-23-2-1-3-24(26(21)23)40-30-29(37)28(36)27(35)25(18-34)41-30/h1-3,5-6,8-9,19,25,27-30,33-37H,4,7,10-18H2/t25-,27-,28+,29-,30-/m1/s1. The Labute approximate surface area is 239 Å². The van der Waals surface area contributed by atoms with Crippen molar-refractivity contribution in [1.29, 1.82) is 0 Å². The van der Waals surface area contributed by atoms with E-state index in [0.29, 0.717) is 24.4 Å². The lowest BCUT2D eigenvalue weighted by Crippen LogP contribution is -2.60. The van der Waals surface area contributed by atoms with Crippen LogP contribution in [0.25, 0.3) is 11.0 Å². The Morgan fingerprint density at radius 1 is 0.829 bits per heavy atom. The van der Waals surface area contributed by atoms with Crippen molar-refractivity contribution in [3.63, 3.8) is 0 Å². The van der Waals surface area contributed by atoms with Crippen LogP contribution in [-0.2, 0) is 17.6 Å². The molecule has 3 aromatic rings. The zero-order valence-electron chi connectivity index (χ0n) is 23.0. The fraction of sp³-hybridized carbons (Fsp3) is 0.533. The van der Waals surface area contributed by atoms with Gasteiger partial charge in [0, 0.05) is 44.8 Å². The topological polar surface area (TPSA) is 148 Å². The van der Waals surface area contributed by atoms with Crippen molar-refractivity contribution in [1.82, 2.24) is 9.80 Å². The fourth-order valence-electron chi connectivity index (χ4n) is 5.39. The van der Waals surface area contributed by atoms with E-state index in [1.165, 1.54) is 0 Å². The number of hydrogen-bond donors (Lipinski definition) is 5. The molecule has 2 aliphatic heterocycles. The summed E-state index contributed by atoms with van der Waals surface area (Å²) in [6.07, 6.45) is -3.69. The van der Waals surface area contributed by atoms with Gasteiger partial charge in [-0.05, 0) is 42.7 Å². The van der Waals surface area contributed by atoms with Gasteiger partial charge < -0.3 is 44.2 Å². The molecule has 2 aromatic carbocycles. The number of rotatable bonds is 12. The molecule has 0 unspecified atom stereocenters. The van der Waals surface area contributed by atoms with E-state index in [0.717, 1.165) is 68.0 Å². The molecule has 41 heavy (non-hydrogen) atoms. The summed E-state index contributed by atoms with van der Waals surface area (Å²) in [5, 5.41) is 49.9. The van der Waals surface area contributed by atoms with Gasteiger partial charge in [0.2, 0.25) is 6.29 Å². The number of aliphatic hydroxyl groups is 5. The quantitative estimate of drug-likeness (QED) is 0.205. The summed E-state index contributed by atoms with van der Waals surface area (Å²) >= 11 is 0. The Kier molecular flexibility index (Phi) is 10.1. The summed E-state index contributed by atoms with van der Waals surface area (Å²) in [5.74, 6) is 1.24. The molecule has 0 saturated carbocycles. The SMILES string of the molecule is OCCN1CCN(CCOc2ccc(CCc3coc4cccc(O[C@@H]5O[C@H](CO)[C@@H](O)[C@H](O)[C@H]5O)c34)cc2)CC1. The van der Waals surface area contributed by atoms with Crippen LogP contribution in [0.3, 0.4) is 0 Å². The molecule has 2 aliphatic rings. The average molecular weight is 573 g/mol. The van der Waals surface area contributed by atoms with E-state index in [1.54, 1.807) is 18.4 Å². The van der Waals surface area contributed by atoms with Gasteiger partial charge >= 0.3 is 0 Å². The third kappa shape index (κ3) is 7.19. The first-order valence-electron chi connectivity index (χ1n) is 14.2. The first-order valence-corrected chi connectivity index (χ1v) is 14.2. The largest absolute Gasteiger partial charge is 0.492 e. The van der Waals surface area contributed by atoms with Gasteiger partial charge in [-0.3, -0.25) is 9.80 Å².